The Balaban J connectivity index is 2.83. The van der Waals surface area contributed by atoms with Crippen molar-refractivity contribution in [1.82, 2.24) is 10.2 Å². The van der Waals surface area contributed by atoms with E-state index in [2.05, 4.69) is 26.1 Å². The third-order valence-electron chi connectivity index (χ3n) is 3.41. The molecule has 1 heterocycles. The van der Waals surface area contributed by atoms with Crippen molar-refractivity contribution in [3.63, 3.8) is 0 Å². The van der Waals surface area contributed by atoms with Crippen LogP contribution in [0, 0.1) is 5.41 Å². The van der Waals surface area contributed by atoms with Crippen LogP contribution in [0.4, 0.5) is 0 Å². The summed E-state index contributed by atoms with van der Waals surface area (Å²) in [6, 6.07) is -0.745. The standard InChI is InChI=1S/C12H22N2O2/c1-6-12(4,5)7-14-9(3)10(15)13-8(2)11(14)16/h8-9H,6-7H2,1-5H3,(H,13,15). The molecular weight excluding hydrogens is 204 g/mol. The Morgan fingerprint density at radius 3 is 2.38 bits per heavy atom. The lowest BCUT2D eigenvalue weighted by molar-refractivity contribution is -0.149. The second kappa shape index (κ2) is 4.44. The molecule has 2 amide bonds. The van der Waals surface area contributed by atoms with Gasteiger partial charge in [0.15, 0.2) is 0 Å². The molecule has 1 aliphatic heterocycles. The number of carbonyl (C=O) groups is 2. The lowest BCUT2D eigenvalue weighted by atomic mass is 9.88. The van der Waals surface area contributed by atoms with E-state index in [-0.39, 0.29) is 23.3 Å². The SMILES string of the molecule is CCC(C)(C)CN1C(=O)C(C)NC(=O)C1C. The first-order valence-electron chi connectivity index (χ1n) is 5.89. The molecule has 0 aromatic rings. The quantitative estimate of drug-likeness (QED) is 0.785. The lowest BCUT2D eigenvalue weighted by Gasteiger charge is -2.40. The van der Waals surface area contributed by atoms with Gasteiger partial charge < -0.3 is 10.2 Å². The average molecular weight is 226 g/mol. The molecule has 4 nitrogen and oxygen atoms in total. The second-order valence-corrected chi connectivity index (χ2v) is 5.39. The number of piperazine rings is 1. The number of hydrogen-bond acceptors (Lipinski definition) is 2. The van der Waals surface area contributed by atoms with Crippen LogP contribution in [0.5, 0.6) is 0 Å². The molecule has 16 heavy (non-hydrogen) atoms. The van der Waals surface area contributed by atoms with Crippen LogP contribution in [0.1, 0.15) is 41.0 Å². The molecule has 0 aliphatic carbocycles. The van der Waals surface area contributed by atoms with Crippen LogP contribution in [-0.2, 0) is 9.59 Å². The lowest BCUT2D eigenvalue weighted by Crippen LogP contribution is -2.62. The van der Waals surface area contributed by atoms with Gasteiger partial charge in [0, 0.05) is 6.54 Å². The molecule has 92 valence electrons. The Kier molecular flexibility index (Phi) is 3.61. The molecule has 0 bridgehead atoms. The van der Waals surface area contributed by atoms with Crippen molar-refractivity contribution in [1.29, 1.82) is 0 Å². The third kappa shape index (κ3) is 2.54. The zero-order valence-corrected chi connectivity index (χ0v) is 10.8. The number of nitrogens with one attached hydrogen (secondary N) is 1. The van der Waals surface area contributed by atoms with E-state index in [1.54, 1.807) is 18.7 Å². The summed E-state index contributed by atoms with van der Waals surface area (Å²) in [5.41, 5.74) is 0.0568. The van der Waals surface area contributed by atoms with Crippen molar-refractivity contribution in [2.24, 2.45) is 5.41 Å². The van der Waals surface area contributed by atoms with E-state index in [9.17, 15) is 9.59 Å². The molecule has 0 spiro atoms. The molecule has 1 aliphatic rings. The fourth-order valence-corrected chi connectivity index (χ4v) is 1.76. The molecule has 2 unspecified atom stereocenters. The van der Waals surface area contributed by atoms with Gasteiger partial charge in [-0.1, -0.05) is 20.8 Å². The first-order chi connectivity index (χ1) is 7.28. The molecule has 4 heteroatoms. The van der Waals surface area contributed by atoms with Gasteiger partial charge in [-0.25, -0.2) is 0 Å². The largest absolute Gasteiger partial charge is 0.343 e. The highest BCUT2D eigenvalue weighted by atomic mass is 16.2. The number of rotatable bonds is 3. The molecule has 1 fully saturated rings. The Hall–Kier alpha value is -1.06. The van der Waals surface area contributed by atoms with Crippen LogP contribution in [-0.4, -0.2) is 35.3 Å². The van der Waals surface area contributed by atoms with E-state index >= 15 is 0 Å². The molecule has 1 N–H and O–H groups in total. The van der Waals surface area contributed by atoms with Gasteiger partial charge in [0.1, 0.15) is 12.1 Å². The summed E-state index contributed by atoms with van der Waals surface area (Å²) >= 11 is 0. The minimum atomic E-state index is -0.392. The molecule has 1 rings (SSSR count). The summed E-state index contributed by atoms with van der Waals surface area (Å²) < 4.78 is 0. The molecule has 1 saturated heterocycles. The van der Waals surface area contributed by atoms with Crippen LogP contribution in [0.25, 0.3) is 0 Å². The van der Waals surface area contributed by atoms with E-state index in [0.717, 1.165) is 6.42 Å². The zero-order valence-electron chi connectivity index (χ0n) is 10.8. The zero-order chi connectivity index (χ0) is 12.5. The highest BCUT2D eigenvalue weighted by molar-refractivity contribution is 5.96. The number of nitrogens with zero attached hydrogens (tertiary/aromatic N) is 1. The van der Waals surface area contributed by atoms with Gasteiger partial charge in [0.2, 0.25) is 11.8 Å². The van der Waals surface area contributed by atoms with Crippen molar-refractivity contribution in [2.45, 2.75) is 53.1 Å². The maximum Gasteiger partial charge on any atom is 0.245 e. The van der Waals surface area contributed by atoms with Crippen molar-refractivity contribution in [2.75, 3.05) is 6.54 Å². The summed E-state index contributed by atoms with van der Waals surface area (Å²) in [5, 5.41) is 2.68. The van der Waals surface area contributed by atoms with Crippen molar-refractivity contribution >= 4 is 11.8 Å². The van der Waals surface area contributed by atoms with Gasteiger partial charge in [0.05, 0.1) is 0 Å². The van der Waals surface area contributed by atoms with Crippen molar-refractivity contribution < 1.29 is 9.59 Å². The first kappa shape index (κ1) is 13.0. The van der Waals surface area contributed by atoms with Gasteiger partial charge in [0.25, 0.3) is 0 Å². The minimum absolute atomic E-state index is 0.0219. The molecule has 0 aromatic heterocycles. The van der Waals surface area contributed by atoms with Crippen LogP contribution in [0.15, 0.2) is 0 Å². The monoisotopic (exact) mass is 226 g/mol. The Bertz CT molecular complexity index is 299. The van der Waals surface area contributed by atoms with Gasteiger partial charge in [-0.2, -0.15) is 0 Å². The van der Waals surface area contributed by atoms with Crippen molar-refractivity contribution in [3.05, 3.63) is 0 Å². The van der Waals surface area contributed by atoms with Crippen LogP contribution < -0.4 is 5.32 Å². The molecular formula is C12H22N2O2. The summed E-state index contributed by atoms with van der Waals surface area (Å²) in [6.45, 7) is 10.5. The summed E-state index contributed by atoms with van der Waals surface area (Å²) in [7, 11) is 0. The van der Waals surface area contributed by atoms with Gasteiger partial charge in [-0.05, 0) is 25.7 Å². The predicted octanol–water partition coefficient (Wildman–Crippen LogP) is 1.16. The Morgan fingerprint density at radius 1 is 1.31 bits per heavy atom. The maximum atomic E-state index is 12.0. The van der Waals surface area contributed by atoms with E-state index in [0.29, 0.717) is 6.54 Å². The summed E-state index contributed by atoms with van der Waals surface area (Å²) in [5.74, 6) is -0.0346. The van der Waals surface area contributed by atoms with Crippen LogP contribution >= 0.6 is 0 Å². The fourth-order valence-electron chi connectivity index (χ4n) is 1.76. The molecule has 0 aromatic carbocycles. The predicted molar refractivity (Wildman–Crippen MR) is 62.9 cm³/mol. The average Bonchev–Trinajstić information content (AvgIpc) is 2.22. The van der Waals surface area contributed by atoms with E-state index in [1.165, 1.54) is 0 Å². The minimum Gasteiger partial charge on any atom is -0.343 e. The number of hydrogen-bond donors (Lipinski definition) is 1. The smallest absolute Gasteiger partial charge is 0.245 e. The number of carbonyl (C=O) groups excluding carboxylic acids is 2. The van der Waals surface area contributed by atoms with Gasteiger partial charge in [-0.3, -0.25) is 9.59 Å². The highest BCUT2D eigenvalue weighted by Gasteiger charge is 2.37. The van der Waals surface area contributed by atoms with Crippen molar-refractivity contribution in [3.8, 4) is 0 Å². The molecule has 0 saturated carbocycles. The Labute approximate surface area is 97.4 Å². The summed E-state index contributed by atoms with van der Waals surface area (Å²) in [6.07, 6.45) is 0.986. The van der Waals surface area contributed by atoms with Crippen LogP contribution in [0.3, 0.4) is 0 Å². The summed E-state index contributed by atoms with van der Waals surface area (Å²) in [4.78, 5) is 25.3. The maximum absolute atomic E-state index is 12.0. The highest BCUT2D eigenvalue weighted by Crippen LogP contribution is 2.24. The first-order valence-corrected chi connectivity index (χ1v) is 5.89. The molecule has 2 atom stereocenters. The van der Waals surface area contributed by atoms with E-state index in [4.69, 9.17) is 0 Å². The van der Waals surface area contributed by atoms with Gasteiger partial charge in [-0.15, -0.1) is 0 Å². The number of amides is 2. The van der Waals surface area contributed by atoms with E-state index in [1.807, 2.05) is 0 Å². The Morgan fingerprint density at radius 2 is 1.88 bits per heavy atom. The fraction of sp³-hybridized carbons (Fsp3) is 0.833. The normalized spacial score (nSPS) is 26.9. The van der Waals surface area contributed by atoms with Gasteiger partial charge >= 0.3 is 0 Å². The van der Waals surface area contributed by atoms with Crippen LogP contribution in [0.2, 0.25) is 0 Å². The molecule has 0 radical (unpaired) electrons. The van der Waals surface area contributed by atoms with E-state index < -0.39 is 6.04 Å². The second-order valence-electron chi connectivity index (χ2n) is 5.39. The topological polar surface area (TPSA) is 49.4 Å². The third-order valence-corrected chi connectivity index (χ3v) is 3.41.